The number of aromatic nitrogens is 1. The average Bonchev–Trinajstić information content (AvgIpc) is 3.29. The van der Waals surface area contributed by atoms with Crippen molar-refractivity contribution >= 4 is 51.0 Å². The van der Waals surface area contributed by atoms with Crippen LogP contribution in [0.25, 0.3) is 33.3 Å². The second-order valence-corrected chi connectivity index (χ2v) is 8.63. The molecular weight excluding hydrogens is 464 g/mol. The number of ether oxygens (including phenoxy) is 1. The number of oxazole rings is 1. The first-order valence-corrected chi connectivity index (χ1v) is 11.4. The third-order valence-electron chi connectivity index (χ3n) is 5.76. The highest BCUT2D eigenvalue weighted by molar-refractivity contribution is 6.31. The van der Waals surface area contributed by atoms with E-state index in [1.807, 2.05) is 55.5 Å². The molecule has 0 saturated heterocycles. The van der Waals surface area contributed by atoms with Crippen LogP contribution >= 0.6 is 11.6 Å². The largest absolute Gasteiger partial charge is 0.449 e. The van der Waals surface area contributed by atoms with E-state index >= 15 is 0 Å². The van der Waals surface area contributed by atoms with Gasteiger partial charge in [-0.1, -0.05) is 54.1 Å². The summed E-state index contributed by atoms with van der Waals surface area (Å²) in [6, 6.07) is 23.6. The molecule has 5 aromatic rings. The molecule has 7 heteroatoms. The fourth-order valence-corrected chi connectivity index (χ4v) is 4.09. The first kappa shape index (κ1) is 22.6. The maximum atomic E-state index is 13.2. The minimum atomic E-state index is -1.03. The van der Waals surface area contributed by atoms with Gasteiger partial charge >= 0.3 is 5.97 Å². The molecule has 174 valence electrons. The Morgan fingerprint density at radius 2 is 1.77 bits per heavy atom. The Morgan fingerprint density at radius 3 is 2.57 bits per heavy atom. The van der Waals surface area contributed by atoms with Crippen LogP contribution < -0.4 is 5.32 Å². The number of fused-ring (bicyclic) bond motifs is 2. The minimum absolute atomic E-state index is 0.318. The Labute approximate surface area is 206 Å². The summed E-state index contributed by atoms with van der Waals surface area (Å²) in [4.78, 5) is 30.6. The van der Waals surface area contributed by atoms with Gasteiger partial charge in [-0.05, 0) is 61.2 Å². The molecule has 6 nitrogen and oxygen atoms in total. The van der Waals surface area contributed by atoms with Gasteiger partial charge in [-0.25, -0.2) is 9.78 Å². The molecule has 0 radical (unpaired) electrons. The summed E-state index contributed by atoms with van der Waals surface area (Å²) < 4.78 is 11.5. The summed E-state index contributed by atoms with van der Waals surface area (Å²) in [6.07, 6.45) is -1.03. The van der Waals surface area contributed by atoms with E-state index in [0.29, 0.717) is 38.7 Å². The number of benzene rings is 4. The van der Waals surface area contributed by atoms with E-state index in [4.69, 9.17) is 20.8 Å². The smallest absolute Gasteiger partial charge is 0.339 e. The molecule has 1 N–H and O–H groups in total. The van der Waals surface area contributed by atoms with E-state index in [-0.39, 0.29) is 0 Å². The number of nitrogens with zero attached hydrogens (tertiary/aromatic N) is 1. The molecule has 0 fully saturated rings. The monoisotopic (exact) mass is 484 g/mol. The second-order valence-electron chi connectivity index (χ2n) is 8.19. The fourth-order valence-electron chi connectivity index (χ4n) is 3.92. The summed E-state index contributed by atoms with van der Waals surface area (Å²) in [5.41, 5.74) is 3.77. The number of aryl methyl sites for hydroxylation is 1. The first-order valence-electron chi connectivity index (χ1n) is 11.1. The van der Waals surface area contributed by atoms with Crippen LogP contribution in [0.15, 0.2) is 83.3 Å². The SMILES string of the molecule is Cc1ccc(Cl)cc1NC(=O)C(C)OC(=O)c1cccc2cccc(-c3nc4ccccc4o3)c12. The van der Waals surface area contributed by atoms with Crippen LogP contribution in [0.3, 0.4) is 0 Å². The summed E-state index contributed by atoms with van der Waals surface area (Å²) in [7, 11) is 0. The first-order chi connectivity index (χ1) is 16.9. The molecule has 0 aliphatic heterocycles. The van der Waals surface area contributed by atoms with E-state index in [2.05, 4.69) is 10.3 Å². The van der Waals surface area contributed by atoms with Crippen LogP contribution in [0.2, 0.25) is 5.02 Å². The van der Waals surface area contributed by atoms with Gasteiger partial charge in [0, 0.05) is 21.7 Å². The highest BCUT2D eigenvalue weighted by Crippen LogP contribution is 2.33. The Kier molecular flexibility index (Phi) is 5.97. The summed E-state index contributed by atoms with van der Waals surface area (Å²) >= 11 is 6.04. The highest BCUT2D eigenvalue weighted by Gasteiger charge is 2.23. The van der Waals surface area contributed by atoms with E-state index in [1.165, 1.54) is 6.92 Å². The van der Waals surface area contributed by atoms with E-state index in [0.717, 1.165) is 16.5 Å². The number of rotatable bonds is 5. The van der Waals surface area contributed by atoms with Crippen molar-refractivity contribution in [3.8, 4) is 11.5 Å². The van der Waals surface area contributed by atoms with Crippen molar-refractivity contribution in [1.82, 2.24) is 4.98 Å². The third kappa shape index (κ3) is 4.48. The van der Waals surface area contributed by atoms with Gasteiger partial charge in [0.05, 0.1) is 5.56 Å². The number of nitrogens with one attached hydrogen (secondary N) is 1. The number of anilines is 1. The standard InChI is InChI=1S/C28H21ClN2O4/c1-16-13-14-19(29)15-23(16)30-26(32)17(2)34-28(33)21-10-6-8-18-7-5-9-20(25(18)21)27-31-22-11-3-4-12-24(22)35-27/h3-15,17H,1-2H3,(H,30,32). The van der Waals surface area contributed by atoms with Crippen LogP contribution in [0.1, 0.15) is 22.8 Å². The second kappa shape index (κ2) is 9.24. The average molecular weight is 485 g/mol. The van der Waals surface area contributed by atoms with Gasteiger partial charge in [0.1, 0.15) is 5.52 Å². The van der Waals surface area contributed by atoms with Gasteiger partial charge in [0.2, 0.25) is 5.89 Å². The van der Waals surface area contributed by atoms with Gasteiger partial charge in [0.25, 0.3) is 5.91 Å². The zero-order valence-electron chi connectivity index (χ0n) is 19.0. The van der Waals surface area contributed by atoms with Crippen molar-refractivity contribution in [2.45, 2.75) is 20.0 Å². The molecule has 0 bridgehead atoms. The molecule has 1 unspecified atom stereocenters. The molecule has 5 rings (SSSR count). The maximum Gasteiger partial charge on any atom is 0.339 e. The topological polar surface area (TPSA) is 81.4 Å². The molecule has 1 aromatic heterocycles. The molecule has 4 aromatic carbocycles. The Morgan fingerprint density at radius 1 is 1.00 bits per heavy atom. The lowest BCUT2D eigenvalue weighted by atomic mass is 9.99. The fraction of sp³-hybridized carbons (Fsp3) is 0.107. The van der Waals surface area contributed by atoms with Crippen molar-refractivity contribution in [2.24, 2.45) is 0 Å². The van der Waals surface area contributed by atoms with Gasteiger partial charge in [-0.2, -0.15) is 0 Å². The normalized spacial score (nSPS) is 12.0. The molecule has 0 saturated carbocycles. The lowest BCUT2D eigenvalue weighted by molar-refractivity contribution is -0.123. The van der Waals surface area contributed by atoms with Crippen LogP contribution in [0.5, 0.6) is 0 Å². The van der Waals surface area contributed by atoms with E-state index < -0.39 is 18.0 Å². The summed E-state index contributed by atoms with van der Waals surface area (Å²) in [5.74, 6) is -0.674. The predicted molar refractivity (Wildman–Crippen MR) is 137 cm³/mol. The molecule has 0 spiro atoms. The number of para-hydroxylation sites is 2. The van der Waals surface area contributed by atoms with Crippen LogP contribution in [-0.2, 0) is 9.53 Å². The minimum Gasteiger partial charge on any atom is -0.449 e. The number of esters is 1. The number of hydrogen-bond acceptors (Lipinski definition) is 5. The number of hydrogen-bond donors (Lipinski definition) is 1. The van der Waals surface area contributed by atoms with Gasteiger partial charge in [-0.15, -0.1) is 0 Å². The van der Waals surface area contributed by atoms with E-state index in [1.54, 1.807) is 30.3 Å². The molecule has 35 heavy (non-hydrogen) atoms. The van der Waals surface area contributed by atoms with Gasteiger partial charge in [0.15, 0.2) is 11.7 Å². The highest BCUT2D eigenvalue weighted by atomic mass is 35.5. The van der Waals surface area contributed by atoms with Crippen LogP contribution in [-0.4, -0.2) is 23.0 Å². The number of amides is 1. The number of carbonyl (C=O) groups is 2. The maximum absolute atomic E-state index is 13.2. The zero-order chi connectivity index (χ0) is 24.5. The summed E-state index contributed by atoms with van der Waals surface area (Å²) in [5, 5.41) is 4.74. The molecule has 1 atom stereocenters. The zero-order valence-corrected chi connectivity index (χ0v) is 19.8. The third-order valence-corrected chi connectivity index (χ3v) is 5.99. The molecule has 0 aliphatic carbocycles. The Balaban J connectivity index is 1.46. The van der Waals surface area contributed by atoms with Crippen molar-refractivity contribution in [2.75, 3.05) is 5.32 Å². The quantitative estimate of drug-likeness (QED) is 0.277. The number of halogens is 1. The van der Waals surface area contributed by atoms with Crippen molar-refractivity contribution < 1.29 is 18.7 Å². The van der Waals surface area contributed by atoms with Crippen molar-refractivity contribution in [1.29, 1.82) is 0 Å². The lowest BCUT2D eigenvalue weighted by Gasteiger charge is -2.16. The molecule has 1 amide bonds. The van der Waals surface area contributed by atoms with Crippen LogP contribution in [0.4, 0.5) is 5.69 Å². The van der Waals surface area contributed by atoms with Crippen molar-refractivity contribution in [3.63, 3.8) is 0 Å². The number of carbonyl (C=O) groups excluding carboxylic acids is 2. The molecule has 0 aliphatic rings. The summed E-state index contributed by atoms with van der Waals surface area (Å²) in [6.45, 7) is 3.38. The molecule has 1 heterocycles. The van der Waals surface area contributed by atoms with Gasteiger partial charge < -0.3 is 14.5 Å². The van der Waals surface area contributed by atoms with Gasteiger partial charge in [-0.3, -0.25) is 4.79 Å². The van der Waals surface area contributed by atoms with Crippen LogP contribution in [0, 0.1) is 6.92 Å². The Bertz CT molecular complexity index is 1550. The predicted octanol–water partition coefficient (Wildman–Crippen LogP) is 6.79. The van der Waals surface area contributed by atoms with Crippen molar-refractivity contribution in [3.05, 3.63) is 95.0 Å². The Hall–Kier alpha value is -4.16. The van der Waals surface area contributed by atoms with E-state index in [9.17, 15) is 9.59 Å². The molecular formula is C28H21ClN2O4. The lowest BCUT2D eigenvalue weighted by Crippen LogP contribution is -2.30.